The third-order valence-corrected chi connectivity index (χ3v) is 7.44. The van der Waals surface area contributed by atoms with E-state index in [4.69, 9.17) is 0 Å². The molecule has 27 heavy (non-hydrogen) atoms. The number of hydrogen-bond donors (Lipinski definition) is 1. The monoisotopic (exact) mass is 408 g/mol. The van der Waals surface area contributed by atoms with Crippen molar-refractivity contribution >= 4 is 15.8 Å². The fourth-order valence-electron chi connectivity index (χ4n) is 3.92. The van der Waals surface area contributed by atoms with E-state index in [9.17, 15) is 21.6 Å². The van der Waals surface area contributed by atoms with Crippen LogP contribution in [0.1, 0.15) is 64.2 Å². The average Bonchev–Trinajstić information content (AvgIpc) is 3.03. The van der Waals surface area contributed by atoms with E-state index in [0.717, 1.165) is 17.5 Å². The maximum Gasteiger partial charge on any atom is 0.410 e. The third kappa shape index (κ3) is 3.96. The van der Waals surface area contributed by atoms with Gasteiger partial charge >= 0.3 is 6.18 Å². The zero-order chi connectivity index (χ0) is 20.0. The van der Waals surface area contributed by atoms with Crippen molar-refractivity contribution in [3.05, 3.63) is 11.8 Å². The van der Waals surface area contributed by atoms with Gasteiger partial charge in [-0.05, 0) is 32.1 Å². The lowest BCUT2D eigenvalue weighted by atomic mass is 9.94. The molecule has 0 aliphatic carbocycles. The van der Waals surface area contributed by atoms with Crippen molar-refractivity contribution in [1.29, 1.82) is 0 Å². The lowest BCUT2D eigenvalue weighted by Gasteiger charge is -2.35. The Morgan fingerprint density at radius 1 is 1.33 bits per heavy atom. The molecule has 0 saturated carbocycles. The summed E-state index contributed by atoms with van der Waals surface area (Å²) in [7, 11) is -3.44. The summed E-state index contributed by atoms with van der Waals surface area (Å²) in [5.41, 5.74) is 0.396. The van der Waals surface area contributed by atoms with Gasteiger partial charge < -0.3 is 5.32 Å². The Bertz CT molecular complexity index is 776. The molecule has 1 aromatic heterocycles. The van der Waals surface area contributed by atoms with Gasteiger partial charge in [0.2, 0.25) is 10.0 Å². The molecule has 0 spiro atoms. The summed E-state index contributed by atoms with van der Waals surface area (Å²) in [6.07, 6.45) is -2.35. The molecule has 0 amide bonds. The smallest absolute Gasteiger partial charge is 0.367 e. The van der Waals surface area contributed by atoms with E-state index in [2.05, 4.69) is 10.4 Å². The average molecular weight is 408 g/mol. The molecule has 0 bridgehead atoms. The molecule has 1 saturated heterocycles. The molecule has 10 heteroatoms. The van der Waals surface area contributed by atoms with Crippen LogP contribution in [-0.2, 0) is 10.0 Å². The van der Waals surface area contributed by atoms with E-state index in [1.165, 1.54) is 4.31 Å². The fraction of sp³-hybridized carbons (Fsp3) is 0.824. The van der Waals surface area contributed by atoms with Crippen molar-refractivity contribution in [1.82, 2.24) is 14.1 Å². The van der Waals surface area contributed by atoms with Crippen LogP contribution in [0.25, 0.3) is 0 Å². The molecule has 2 aliphatic heterocycles. The van der Waals surface area contributed by atoms with E-state index in [1.54, 1.807) is 13.0 Å². The van der Waals surface area contributed by atoms with Crippen LogP contribution in [0.5, 0.6) is 0 Å². The maximum absolute atomic E-state index is 13.6. The first kappa shape index (κ1) is 20.4. The molecule has 1 N–H and O–H groups in total. The van der Waals surface area contributed by atoms with E-state index < -0.39 is 28.3 Å². The number of piperidine rings is 1. The van der Waals surface area contributed by atoms with Gasteiger partial charge in [0.1, 0.15) is 5.82 Å². The van der Waals surface area contributed by atoms with Crippen LogP contribution >= 0.6 is 0 Å². The highest BCUT2D eigenvalue weighted by Crippen LogP contribution is 2.42. The second-order valence-corrected chi connectivity index (χ2v) is 9.92. The molecular weight excluding hydrogens is 381 g/mol. The van der Waals surface area contributed by atoms with Gasteiger partial charge in [-0.25, -0.2) is 13.1 Å². The summed E-state index contributed by atoms with van der Waals surface area (Å²) >= 11 is 0. The van der Waals surface area contributed by atoms with Crippen molar-refractivity contribution in [2.24, 2.45) is 5.92 Å². The first-order chi connectivity index (χ1) is 12.5. The highest BCUT2D eigenvalue weighted by Gasteiger charge is 2.47. The van der Waals surface area contributed by atoms with Crippen LogP contribution in [0.15, 0.2) is 6.07 Å². The second kappa shape index (κ2) is 7.27. The molecule has 0 unspecified atom stereocenters. The van der Waals surface area contributed by atoms with Crippen molar-refractivity contribution in [3.63, 3.8) is 0 Å². The van der Waals surface area contributed by atoms with Crippen LogP contribution in [-0.4, -0.2) is 47.0 Å². The van der Waals surface area contributed by atoms with Crippen LogP contribution in [0.3, 0.4) is 0 Å². The minimum Gasteiger partial charge on any atom is -0.367 e. The topological polar surface area (TPSA) is 67.2 Å². The number of aromatic nitrogens is 2. The van der Waals surface area contributed by atoms with Crippen molar-refractivity contribution in [2.45, 2.75) is 70.8 Å². The van der Waals surface area contributed by atoms with E-state index in [0.29, 0.717) is 24.5 Å². The lowest BCUT2D eigenvalue weighted by Crippen LogP contribution is -2.41. The Morgan fingerprint density at radius 3 is 2.63 bits per heavy atom. The number of alkyl halides is 3. The van der Waals surface area contributed by atoms with Gasteiger partial charge in [0.15, 0.2) is 6.04 Å². The van der Waals surface area contributed by atoms with Gasteiger partial charge in [-0.3, -0.25) is 0 Å². The van der Waals surface area contributed by atoms with Gasteiger partial charge in [-0.15, -0.1) is 0 Å². The maximum atomic E-state index is 13.6. The minimum absolute atomic E-state index is 0.0318. The molecule has 154 valence electrons. The normalized spacial score (nSPS) is 27.4. The summed E-state index contributed by atoms with van der Waals surface area (Å²) in [4.78, 5) is 0. The summed E-state index contributed by atoms with van der Waals surface area (Å²) < 4.78 is 68.2. The number of sulfonamides is 1. The van der Waals surface area contributed by atoms with Crippen LogP contribution in [0, 0.1) is 5.92 Å². The van der Waals surface area contributed by atoms with E-state index in [-0.39, 0.29) is 24.1 Å². The summed E-state index contributed by atoms with van der Waals surface area (Å²) in [5, 5.41) is 7.40. The predicted octanol–water partition coefficient (Wildman–Crippen LogP) is 3.70. The van der Waals surface area contributed by atoms with E-state index >= 15 is 0 Å². The Balaban J connectivity index is 2.00. The molecule has 6 nitrogen and oxygen atoms in total. The van der Waals surface area contributed by atoms with E-state index in [1.807, 2.05) is 13.8 Å². The van der Waals surface area contributed by atoms with Gasteiger partial charge in [0.25, 0.3) is 0 Å². The van der Waals surface area contributed by atoms with Crippen molar-refractivity contribution in [3.8, 4) is 0 Å². The highest BCUT2D eigenvalue weighted by molar-refractivity contribution is 7.89. The number of nitrogens with one attached hydrogen (secondary N) is 1. The van der Waals surface area contributed by atoms with Gasteiger partial charge in [0.05, 0.1) is 17.5 Å². The number of nitrogens with zero attached hydrogens (tertiary/aromatic N) is 3. The molecule has 1 fully saturated rings. The van der Waals surface area contributed by atoms with Crippen LogP contribution in [0.2, 0.25) is 0 Å². The standard InChI is InChI=1S/C17H27F3N4O2S/c1-4-27(25,26)23-8-6-5-7-14(23)13-10-16-21-12(11(2)3)9-15(17(18,19)20)24(16)22-13/h10-12,14-15,21H,4-9H2,1-3H3/t12-,14+,15+/m0/s1. The largest absolute Gasteiger partial charge is 0.410 e. The van der Waals surface area contributed by atoms with Gasteiger partial charge in [-0.2, -0.15) is 22.6 Å². The molecule has 1 aromatic rings. The Hall–Kier alpha value is -1.29. The zero-order valence-corrected chi connectivity index (χ0v) is 16.6. The molecule has 3 heterocycles. The predicted molar refractivity (Wildman–Crippen MR) is 96.9 cm³/mol. The first-order valence-electron chi connectivity index (χ1n) is 9.46. The first-order valence-corrected chi connectivity index (χ1v) is 11.1. The number of hydrogen-bond acceptors (Lipinski definition) is 4. The van der Waals surface area contributed by atoms with Gasteiger partial charge in [0, 0.05) is 18.7 Å². The summed E-state index contributed by atoms with van der Waals surface area (Å²) in [6, 6.07) is -0.915. The van der Waals surface area contributed by atoms with Crippen LogP contribution < -0.4 is 5.32 Å². The Labute approximate surface area is 158 Å². The Kier molecular flexibility index (Phi) is 5.51. The second-order valence-electron chi connectivity index (χ2n) is 7.71. The molecule has 2 aliphatic rings. The minimum atomic E-state index is -4.41. The number of rotatable bonds is 4. The number of halogens is 3. The van der Waals surface area contributed by atoms with Crippen molar-refractivity contribution in [2.75, 3.05) is 17.6 Å². The summed E-state index contributed by atoms with van der Waals surface area (Å²) in [5.74, 6) is 0.320. The summed E-state index contributed by atoms with van der Waals surface area (Å²) in [6.45, 7) is 5.73. The highest BCUT2D eigenvalue weighted by atomic mass is 32.2. The van der Waals surface area contributed by atoms with Crippen LogP contribution in [0.4, 0.5) is 19.0 Å². The molecule has 0 aromatic carbocycles. The SMILES string of the molecule is CCS(=O)(=O)N1CCCC[C@@H]1c1cc2n(n1)[C@@H](C(F)(F)F)C[C@@H](C(C)C)N2. The fourth-order valence-corrected chi connectivity index (χ4v) is 5.26. The quantitative estimate of drug-likeness (QED) is 0.825. The molecule has 0 radical (unpaired) electrons. The molecule has 3 atom stereocenters. The number of fused-ring (bicyclic) bond motifs is 1. The zero-order valence-electron chi connectivity index (χ0n) is 15.8. The Morgan fingerprint density at radius 2 is 2.04 bits per heavy atom. The van der Waals surface area contributed by atoms with Crippen molar-refractivity contribution < 1.29 is 21.6 Å². The molecule has 3 rings (SSSR count). The number of anilines is 1. The van der Waals surface area contributed by atoms with Gasteiger partial charge in [-0.1, -0.05) is 20.3 Å². The third-order valence-electron chi connectivity index (χ3n) is 5.56. The lowest BCUT2D eigenvalue weighted by molar-refractivity contribution is -0.174. The molecular formula is C17H27F3N4O2S.